The van der Waals surface area contributed by atoms with Crippen molar-refractivity contribution < 1.29 is 4.48 Å². The van der Waals surface area contributed by atoms with Crippen molar-refractivity contribution in [1.82, 2.24) is 5.32 Å². The molecule has 0 amide bonds. The minimum absolute atomic E-state index is 1.00. The van der Waals surface area contributed by atoms with Crippen molar-refractivity contribution in [3.63, 3.8) is 0 Å². The average molecular weight is 251 g/mol. The summed E-state index contributed by atoms with van der Waals surface area (Å²) in [5, 5.41) is 3.11. The van der Waals surface area contributed by atoms with Gasteiger partial charge in [0.15, 0.2) is 0 Å². The minimum atomic E-state index is 1.00. The first kappa shape index (κ1) is 17.0. The third-order valence-electron chi connectivity index (χ3n) is 2.98. The molecule has 0 fully saturated rings. The van der Waals surface area contributed by atoms with Gasteiger partial charge in [-0.25, -0.2) is 0 Å². The number of likely N-dealkylation sites (N-methyl/N-ethyl adjacent to an activating group) is 1. The molecule has 1 N–H and O–H groups in total. The van der Waals surface area contributed by atoms with E-state index in [1.165, 1.54) is 30.5 Å². The van der Waals surface area contributed by atoms with Crippen LogP contribution in [0.25, 0.3) is 0 Å². The van der Waals surface area contributed by atoms with Crippen LogP contribution < -0.4 is 5.32 Å². The molecule has 0 aromatic heterocycles. The van der Waals surface area contributed by atoms with E-state index in [2.05, 4.69) is 52.0 Å². The monoisotopic (exact) mass is 251 g/mol. The molecular weight excluding hydrogens is 220 g/mol. The van der Waals surface area contributed by atoms with Crippen molar-refractivity contribution in [1.29, 1.82) is 0 Å². The van der Waals surface area contributed by atoms with Crippen molar-refractivity contribution in [2.45, 2.75) is 33.1 Å². The zero-order valence-corrected chi connectivity index (χ0v) is 12.9. The van der Waals surface area contributed by atoms with Gasteiger partial charge in [0.2, 0.25) is 0 Å². The van der Waals surface area contributed by atoms with Crippen molar-refractivity contribution in [3.05, 3.63) is 36.1 Å². The molecule has 0 unspecified atom stereocenters. The molecular formula is C16H31N2+. The van der Waals surface area contributed by atoms with Crippen LogP contribution in [0.3, 0.4) is 0 Å². The SMILES string of the molecule is C=C(C[N+](C)(C)CCCC)C(C=CCC)=CNC. The standard InChI is InChI=1S/C16H31N2/c1-7-9-11-16(13-17-4)15(3)14-18(5,6)12-10-8-2/h9,11,13,17H,3,7-8,10,12,14H2,1-2,4-6H3/q+1. The molecule has 0 aliphatic carbocycles. The third kappa shape index (κ3) is 7.33. The predicted molar refractivity (Wildman–Crippen MR) is 82.5 cm³/mol. The molecule has 2 heteroatoms. The Balaban J connectivity index is 4.60. The van der Waals surface area contributed by atoms with Gasteiger partial charge in [-0.2, -0.15) is 0 Å². The van der Waals surface area contributed by atoms with E-state index in [-0.39, 0.29) is 0 Å². The van der Waals surface area contributed by atoms with Crippen molar-refractivity contribution in [3.8, 4) is 0 Å². The first-order valence-electron chi connectivity index (χ1n) is 7.01. The Morgan fingerprint density at radius 2 is 1.94 bits per heavy atom. The smallest absolute Gasteiger partial charge is 0.104 e. The summed E-state index contributed by atoms with van der Waals surface area (Å²) in [7, 11) is 6.49. The van der Waals surface area contributed by atoms with Crippen molar-refractivity contribution >= 4 is 0 Å². The highest BCUT2D eigenvalue weighted by atomic mass is 15.3. The van der Waals surface area contributed by atoms with Crippen LogP contribution in [0.4, 0.5) is 0 Å². The molecule has 0 radical (unpaired) electrons. The Morgan fingerprint density at radius 1 is 1.28 bits per heavy atom. The van der Waals surface area contributed by atoms with Gasteiger partial charge in [-0.3, -0.25) is 0 Å². The second-order valence-corrected chi connectivity index (χ2v) is 5.47. The van der Waals surface area contributed by atoms with E-state index in [0.29, 0.717) is 0 Å². The topological polar surface area (TPSA) is 12.0 Å². The van der Waals surface area contributed by atoms with Gasteiger partial charge in [-0.1, -0.05) is 39.0 Å². The van der Waals surface area contributed by atoms with Crippen LogP contribution in [0.5, 0.6) is 0 Å². The normalized spacial score (nSPS) is 13.1. The average Bonchev–Trinajstić information content (AvgIpc) is 2.31. The number of hydrogen-bond acceptors (Lipinski definition) is 1. The fourth-order valence-corrected chi connectivity index (χ4v) is 1.94. The summed E-state index contributed by atoms with van der Waals surface area (Å²) in [5.74, 6) is 0. The Labute approximate surface area is 114 Å². The maximum absolute atomic E-state index is 4.24. The highest BCUT2D eigenvalue weighted by molar-refractivity contribution is 5.37. The minimum Gasteiger partial charge on any atom is -0.393 e. The van der Waals surface area contributed by atoms with E-state index in [1.54, 1.807) is 0 Å². The Bertz CT molecular complexity index is 298. The summed E-state index contributed by atoms with van der Waals surface area (Å²) in [6.07, 6.45) is 9.97. The van der Waals surface area contributed by atoms with Crippen LogP contribution in [-0.4, -0.2) is 38.7 Å². The summed E-state index contributed by atoms with van der Waals surface area (Å²) in [6.45, 7) is 10.8. The highest BCUT2D eigenvalue weighted by Gasteiger charge is 2.16. The number of allylic oxidation sites excluding steroid dienone is 2. The van der Waals surface area contributed by atoms with Gasteiger partial charge < -0.3 is 9.80 Å². The third-order valence-corrected chi connectivity index (χ3v) is 2.98. The highest BCUT2D eigenvalue weighted by Crippen LogP contribution is 2.14. The molecule has 18 heavy (non-hydrogen) atoms. The Kier molecular flexibility index (Phi) is 8.47. The molecule has 0 aromatic carbocycles. The Hall–Kier alpha value is -1.02. The van der Waals surface area contributed by atoms with Gasteiger partial charge in [0.1, 0.15) is 6.54 Å². The first-order valence-corrected chi connectivity index (χ1v) is 7.01. The quantitative estimate of drug-likeness (QED) is 0.488. The second-order valence-electron chi connectivity index (χ2n) is 5.47. The molecule has 0 saturated heterocycles. The summed E-state index contributed by atoms with van der Waals surface area (Å²) in [4.78, 5) is 0. The lowest BCUT2D eigenvalue weighted by Crippen LogP contribution is -2.42. The van der Waals surface area contributed by atoms with Crippen molar-refractivity contribution in [2.75, 3.05) is 34.2 Å². The molecule has 2 nitrogen and oxygen atoms in total. The molecule has 0 spiro atoms. The summed E-state index contributed by atoms with van der Waals surface area (Å²) in [5.41, 5.74) is 2.41. The van der Waals surface area contributed by atoms with Gasteiger partial charge in [0, 0.05) is 18.8 Å². The summed E-state index contributed by atoms with van der Waals surface area (Å²) in [6, 6.07) is 0. The van der Waals surface area contributed by atoms with Gasteiger partial charge in [0.05, 0.1) is 20.6 Å². The lowest BCUT2D eigenvalue weighted by molar-refractivity contribution is -0.885. The van der Waals surface area contributed by atoms with Gasteiger partial charge in [-0.15, -0.1) is 0 Å². The maximum Gasteiger partial charge on any atom is 0.104 e. The number of rotatable bonds is 9. The van der Waals surface area contributed by atoms with E-state index < -0.39 is 0 Å². The van der Waals surface area contributed by atoms with E-state index in [9.17, 15) is 0 Å². The lowest BCUT2D eigenvalue weighted by Gasteiger charge is -2.30. The number of quaternary nitrogens is 1. The lowest BCUT2D eigenvalue weighted by atomic mass is 10.1. The molecule has 0 bridgehead atoms. The number of nitrogens with zero attached hydrogens (tertiary/aromatic N) is 1. The molecule has 104 valence electrons. The molecule has 0 atom stereocenters. The number of hydrogen-bond donors (Lipinski definition) is 1. The molecule has 0 rings (SSSR count). The van der Waals surface area contributed by atoms with Gasteiger partial charge in [-0.05, 0) is 18.4 Å². The predicted octanol–water partition coefficient (Wildman–Crippen LogP) is 3.49. The molecule has 0 aliphatic rings. The Morgan fingerprint density at radius 3 is 2.44 bits per heavy atom. The zero-order valence-electron chi connectivity index (χ0n) is 12.9. The second kappa shape index (κ2) is 8.98. The van der Waals surface area contributed by atoms with E-state index in [4.69, 9.17) is 0 Å². The first-order chi connectivity index (χ1) is 8.46. The number of nitrogens with one attached hydrogen (secondary N) is 1. The largest absolute Gasteiger partial charge is 0.393 e. The molecule has 0 saturated carbocycles. The summed E-state index contributed by atoms with van der Waals surface area (Å²) >= 11 is 0. The van der Waals surface area contributed by atoms with E-state index in [1.807, 2.05) is 13.2 Å². The molecule has 0 heterocycles. The van der Waals surface area contributed by atoms with Crippen LogP contribution in [0.1, 0.15) is 33.1 Å². The van der Waals surface area contributed by atoms with Gasteiger partial charge >= 0.3 is 0 Å². The van der Waals surface area contributed by atoms with Crippen LogP contribution in [0.15, 0.2) is 36.1 Å². The fraction of sp³-hybridized carbons (Fsp3) is 0.625. The zero-order chi connectivity index (χ0) is 14.0. The molecule has 0 aromatic rings. The van der Waals surface area contributed by atoms with E-state index >= 15 is 0 Å². The van der Waals surface area contributed by atoms with Crippen LogP contribution >= 0.6 is 0 Å². The van der Waals surface area contributed by atoms with E-state index in [0.717, 1.165) is 17.4 Å². The number of unbranched alkanes of at least 4 members (excludes halogenated alkanes) is 1. The van der Waals surface area contributed by atoms with Gasteiger partial charge in [0.25, 0.3) is 0 Å². The van der Waals surface area contributed by atoms with Crippen LogP contribution in [-0.2, 0) is 0 Å². The maximum atomic E-state index is 4.24. The van der Waals surface area contributed by atoms with Crippen LogP contribution in [0, 0.1) is 0 Å². The molecule has 0 aliphatic heterocycles. The summed E-state index contributed by atoms with van der Waals surface area (Å²) < 4.78 is 1.01. The van der Waals surface area contributed by atoms with Crippen molar-refractivity contribution in [2.24, 2.45) is 0 Å². The van der Waals surface area contributed by atoms with Crippen LogP contribution in [0.2, 0.25) is 0 Å². The fourth-order valence-electron chi connectivity index (χ4n) is 1.94.